The molecule has 0 atom stereocenters. The van der Waals surface area contributed by atoms with E-state index in [9.17, 15) is 9.90 Å². The second-order valence-corrected chi connectivity index (χ2v) is 4.53. The predicted molar refractivity (Wildman–Crippen MR) is 61.6 cm³/mol. The Morgan fingerprint density at radius 2 is 2.06 bits per heavy atom. The first-order valence-electron chi connectivity index (χ1n) is 5.15. The van der Waals surface area contributed by atoms with Crippen LogP contribution in [0.25, 0.3) is 11.0 Å². The number of carbonyl (C=O) groups is 1. The van der Waals surface area contributed by atoms with Crippen LogP contribution < -0.4 is 0 Å². The first-order chi connectivity index (χ1) is 7.44. The minimum Gasteiger partial charge on any atom is -0.481 e. The zero-order chi connectivity index (χ0) is 11.9. The van der Waals surface area contributed by atoms with Gasteiger partial charge in [-0.15, -0.1) is 0 Å². The summed E-state index contributed by atoms with van der Waals surface area (Å²) in [6.07, 6.45) is 1.55. The fourth-order valence-electron chi connectivity index (χ4n) is 1.84. The molecule has 0 bridgehead atoms. The van der Waals surface area contributed by atoms with Crippen LogP contribution in [0, 0.1) is 6.92 Å². The maximum atomic E-state index is 11.2. The molecule has 3 heteroatoms. The van der Waals surface area contributed by atoms with Crippen LogP contribution in [-0.4, -0.2) is 11.1 Å². The van der Waals surface area contributed by atoms with Crippen LogP contribution in [0.15, 0.2) is 28.9 Å². The third-order valence-corrected chi connectivity index (χ3v) is 3.02. The zero-order valence-corrected chi connectivity index (χ0v) is 9.57. The standard InChI is InChI=1S/C13H14O3/c1-8-5-4-6-10-11(8)9(7-16-10)13(2,3)12(14)15/h4-7H,1-3H3,(H,14,15). The normalized spacial score (nSPS) is 11.9. The minimum atomic E-state index is -0.933. The number of carboxylic acids is 1. The first-order valence-corrected chi connectivity index (χ1v) is 5.15. The van der Waals surface area contributed by atoms with Gasteiger partial charge in [0, 0.05) is 10.9 Å². The van der Waals surface area contributed by atoms with E-state index in [4.69, 9.17) is 4.42 Å². The molecule has 0 spiro atoms. The lowest BCUT2D eigenvalue weighted by atomic mass is 9.84. The number of aryl methyl sites for hydroxylation is 1. The van der Waals surface area contributed by atoms with E-state index in [0.717, 1.165) is 22.1 Å². The molecule has 1 aromatic carbocycles. The van der Waals surface area contributed by atoms with Crippen LogP contribution in [-0.2, 0) is 10.2 Å². The molecule has 2 rings (SSSR count). The molecule has 0 unspecified atom stereocenters. The molecule has 0 fully saturated rings. The summed E-state index contributed by atoms with van der Waals surface area (Å²) in [5.41, 5.74) is 1.57. The van der Waals surface area contributed by atoms with Gasteiger partial charge >= 0.3 is 5.97 Å². The summed E-state index contributed by atoms with van der Waals surface area (Å²) in [6, 6.07) is 5.71. The van der Waals surface area contributed by atoms with Crippen LogP contribution in [0.1, 0.15) is 25.0 Å². The molecule has 16 heavy (non-hydrogen) atoms. The van der Waals surface area contributed by atoms with Gasteiger partial charge in [-0.3, -0.25) is 4.79 Å². The molecule has 0 amide bonds. The number of hydrogen-bond donors (Lipinski definition) is 1. The maximum Gasteiger partial charge on any atom is 0.313 e. The fourth-order valence-corrected chi connectivity index (χ4v) is 1.84. The van der Waals surface area contributed by atoms with Crippen LogP contribution in [0.3, 0.4) is 0 Å². The Balaban J connectivity index is 2.76. The minimum absolute atomic E-state index is 0.730. The monoisotopic (exact) mass is 218 g/mol. The second-order valence-electron chi connectivity index (χ2n) is 4.53. The molecular formula is C13H14O3. The fraction of sp³-hybridized carbons (Fsp3) is 0.308. The van der Waals surface area contributed by atoms with Gasteiger partial charge in [0.15, 0.2) is 0 Å². The molecule has 0 saturated heterocycles. The average molecular weight is 218 g/mol. The van der Waals surface area contributed by atoms with Gasteiger partial charge in [0.2, 0.25) is 0 Å². The van der Waals surface area contributed by atoms with Crippen molar-refractivity contribution in [2.24, 2.45) is 0 Å². The van der Waals surface area contributed by atoms with E-state index in [-0.39, 0.29) is 0 Å². The summed E-state index contributed by atoms with van der Waals surface area (Å²) >= 11 is 0. The summed E-state index contributed by atoms with van der Waals surface area (Å²) in [5, 5.41) is 10.1. The third kappa shape index (κ3) is 1.40. The Morgan fingerprint density at radius 3 is 2.69 bits per heavy atom. The van der Waals surface area contributed by atoms with Crippen LogP contribution in [0.5, 0.6) is 0 Å². The van der Waals surface area contributed by atoms with Crippen molar-refractivity contribution >= 4 is 16.9 Å². The number of hydrogen-bond acceptors (Lipinski definition) is 2. The summed E-state index contributed by atoms with van der Waals surface area (Å²) in [6.45, 7) is 5.33. The molecular weight excluding hydrogens is 204 g/mol. The van der Waals surface area contributed by atoms with Crippen molar-refractivity contribution < 1.29 is 14.3 Å². The van der Waals surface area contributed by atoms with Gasteiger partial charge in [0.1, 0.15) is 5.58 Å². The van der Waals surface area contributed by atoms with Crippen molar-refractivity contribution in [2.75, 3.05) is 0 Å². The third-order valence-electron chi connectivity index (χ3n) is 3.02. The van der Waals surface area contributed by atoms with E-state index in [0.29, 0.717) is 0 Å². The summed E-state index contributed by atoms with van der Waals surface area (Å²) in [5.74, 6) is -0.849. The SMILES string of the molecule is Cc1cccc2occ(C(C)(C)C(=O)O)c12. The molecule has 1 heterocycles. The Bertz CT molecular complexity index is 549. The summed E-state index contributed by atoms with van der Waals surface area (Å²) in [4.78, 5) is 11.2. The highest BCUT2D eigenvalue weighted by molar-refractivity contribution is 5.92. The maximum absolute atomic E-state index is 11.2. The number of carboxylic acid groups (broad SMARTS) is 1. The van der Waals surface area contributed by atoms with E-state index in [1.807, 2.05) is 25.1 Å². The number of furan rings is 1. The molecule has 0 aliphatic heterocycles. The quantitative estimate of drug-likeness (QED) is 0.842. The van der Waals surface area contributed by atoms with Crippen molar-refractivity contribution in [1.29, 1.82) is 0 Å². The van der Waals surface area contributed by atoms with Crippen LogP contribution in [0.4, 0.5) is 0 Å². The van der Waals surface area contributed by atoms with Gasteiger partial charge in [-0.25, -0.2) is 0 Å². The van der Waals surface area contributed by atoms with Gasteiger partial charge in [-0.2, -0.15) is 0 Å². The number of benzene rings is 1. The largest absolute Gasteiger partial charge is 0.481 e. The topological polar surface area (TPSA) is 50.4 Å². The van der Waals surface area contributed by atoms with Crippen LogP contribution >= 0.6 is 0 Å². The van der Waals surface area contributed by atoms with E-state index in [1.54, 1.807) is 20.1 Å². The molecule has 84 valence electrons. The van der Waals surface area contributed by atoms with E-state index in [1.165, 1.54) is 0 Å². The van der Waals surface area contributed by atoms with Crippen molar-refractivity contribution in [3.05, 3.63) is 35.6 Å². The lowest BCUT2D eigenvalue weighted by molar-refractivity contribution is -0.142. The Kier molecular flexibility index (Phi) is 2.26. The number of rotatable bonds is 2. The van der Waals surface area contributed by atoms with Gasteiger partial charge < -0.3 is 9.52 Å². The first kappa shape index (κ1) is 10.7. The molecule has 1 aromatic heterocycles. The van der Waals surface area contributed by atoms with E-state index in [2.05, 4.69) is 0 Å². The molecule has 2 aromatic rings. The van der Waals surface area contributed by atoms with Crippen molar-refractivity contribution in [3.8, 4) is 0 Å². The Labute approximate surface area is 93.7 Å². The zero-order valence-electron chi connectivity index (χ0n) is 9.57. The average Bonchev–Trinajstić information content (AvgIpc) is 2.63. The molecule has 3 nitrogen and oxygen atoms in total. The van der Waals surface area contributed by atoms with Gasteiger partial charge in [-0.1, -0.05) is 12.1 Å². The lowest BCUT2D eigenvalue weighted by Gasteiger charge is -2.18. The van der Waals surface area contributed by atoms with E-state index >= 15 is 0 Å². The number of aliphatic carboxylic acids is 1. The Hall–Kier alpha value is -1.77. The highest BCUT2D eigenvalue weighted by Crippen LogP contribution is 2.34. The van der Waals surface area contributed by atoms with Crippen LogP contribution in [0.2, 0.25) is 0 Å². The Morgan fingerprint density at radius 1 is 1.38 bits per heavy atom. The van der Waals surface area contributed by atoms with Crippen molar-refractivity contribution in [1.82, 2.24) is 0 Å². The highest BCUT2D eigenvalue weighted by atomic mass is 16.4. The molecule has 0 radical (unpaired) electrons. The predicted octanol–water partition coefficient (Wildman–Crippen LogP) is 3.10. The van der Waals surface area contributed by atoms with E-state index < -0.39 is 11.4 Å². The molecule has 0 saturated carbocycles. The van der Waals surface area contributed by atoms with Crippen molar-refractivity contribution in [2.45, 2.75) is 26.2 Å². The number of fused-ring (bicyclic) bond motifs is 1. The molecule has 1 N–H and O–H groups in total. The highest BCUT2D eigenvalue weighted by Gasteiger charge is 2.33. The molecule has 0 aliphatic rings. The summed E-state index contributed by atoms with van der Waals surface area (Å²) in [7, 11) is 0. The van der Waals surface area contributed by atoms with Crippen molar-refractivity contribution in [3.63, 3.8) is 0 Å². The second kappa shape index (κ2) is 3.37. The van der Waals surface area contributed by atoms with Gasteiger partial charge in [0.25, 0.3) is 0 Å². The van der Waals surface area contributed by atoms with Gasteiger partial charge in [-0.05, 0) is 32.4 Å². The lowest BCUT2D eigenvalue weighted by Crippen LogP contribution is -2.28. The summed E-state index contributed by atoms with van der Waals surface area (Å²) < 4.78 is 5.40. The molecule has 0 aliphatic carbocycles. The smallest absolute Gasteiger partial charge is 0.313 e. The van der Waals surface area contributed by atoms with Gasteiger partial charge in [0.05, 0.1) is 11.7 Å².